The molecular formula is C27H23ClF3N3O2. The smallest absolute Gasteiger partial charge is 0.329 e. The van der Waals surface area contributed by atoms with Crippen molar-refractivity contribution >= 4 is 28.4 Å². The van der Waals surface area contributed by atoms with Crippen molar-refractivity contribution < 1.29 is 18.0 Å². The van der Waals surface area contributed by atoms with Crippen LogP contribution in [0.4, 0.5) is 13.2 Å². The Bertz CT molecular complexity index is 1500. The van der Waals surface area contributed by atoms with Gasteiger partial charge in [0.05, 0.1) is 28.2 Å². The highest BCUT2D eigenvalue weighted by atomic mass is 35.5. The first-order valence-corrected chi connectivity index (χ1v) is 11.7. The summed E-state index contributed by atoms with van der Waals surface area (Å²) in [7, 11) is 0. The Balaban J connectivity index is 1.88. The highest BCUT2D eigenvalue weighted by molar-refractivity contribution is 6.31. The van der Waals surface area contributed by atoms with Crippen LogP contribution >= 0.6 is 11.6 Å². The van der Waals surface area contributed by atoms with Crippen molar-refractivity contribution in [1.29, 1.82) is 0 Å². The van der Waals surface area contributed by atoms with Crippen LogP contribution in [-0.2, 0) is 6.18 Å². The molecule has 0 saturated heterocycles. The van der Waals surface area contributed by atoms with Gasteiger partial charge in [0.15, 0.2) is 0 Å². The molecule has 1 heterocycles. The molecule has 1 amide bonds. The lowest BCUT2D eigenvalue weighted by Gasteiger charge is -2.30. The normalized spacial score (nSPS) is 12.5. The quantitative estimate of drug-likeness (QED) is 0.302. The van der Waals surface area contributed by atoms with Gasteiger partial charge in [-0.25, -0.2) is 4.98 Å². The van der Waals surface area contributed by atoms with Crippen molar-refractivity contribution in [3.05, 3.63) is 105 Å². The number of aromatic nitrogens is 2. The minimum atomic E-state index is -4.58. The second-order valence-electron chi connectivity index (χ2n) is 8.45. The molecule has 0 N–H and O–H groups in total. The number of halogens is 4. The molecule has 4 rings (SSSR count). The Morgan fingerprint density at radius 2 is 1.78 bits per heavy atom. The number of rotatable bonds is 5. The number of fused-ring (bicyclic) bond motifs is 1. The van der Waals surface area contributed by atoms with Gasteiger partial charge in [0.25, 0.3) is 11.5 Å². The Hall–Kier alpha value is -3.65. The number of carbonyl (C=O) groups excluding carboxylic acids is 1. The lowest BCUT2D eigenvalue weighted by Crippen LogP contribution is -2.37. The SMILES string of the molecule is CCN(C(=O)c1cccc(C(F)(F)F)c1)C(C)c1nc2cc(Cl)ccc2c(=O)n1-c1ccc(C)cc1. The first-order chi connectivity index (χ1) is 17.0. The molecule has 0 aliphatic carbocycles. The van der Waals surface area contributed by atoms with E-state index < -0.39 is 23.7 Å². The number of alkyl halides is 3. The summed E-state index contributed by atoms with van der Waals surface area (Å²) in [6.07, 6.45) is -4.58. The fourth-order valence-electron chi connectivity index (χ4n) is 4.13. The van der Waals surface area contributed by atoms with Gasteiger partial charge < -0.3 is 4.90 Å². The molecule has 0 spiro atoms. The third kappa shape index (κ3) is 4.86. The molecular weight excluding hydrogens is 491 g/mol. The van der Waals surface area contributed by atoms with Gasteiger partial charge in [0.2, 0.25) is 0 Å². The zero-order valence-electron chi connectivity index (χ0n) is 19.8. The van der Waals surface area contributed by atoms with Crippen LogP contribution in [0.5, 0.6) is 0 Å². The van der Waals surface area contributed by atoms with E-state index in [0.29, 0.717) is 21.6 Å². The molecule has 0 aliphatic heterocycles. The summed E-state index contributed by atoms with van der Waals surface area (Å²) in [5.74, 6) is -0.340. The molecule has 0 saturated carbocycles. The number of nitrogens with zero attached hydrogens (tertiary/aromatic N) is 3. The Morgan fingerprint density at radius 3 is 2.42 bits per heavy atom. The second kappa shape index (κ2) is 9.78. The molecule has 4 aromatic rings. The van der Waals surface area contributed by atoms with E-state index in [4.69, 9.17) is 16.6 Å². The standard InChI is InChI=1S/C27H23ClF3N3O2/c1-4-33(25(35)18-6-5-7-19(14-18)27(29,30)31)17(3)24-32-23-15-20(28)10-13-22(23)26(36)34(24)21-11-8-16(2)9-12-21/h5-15,17H,4H2,1-3H3. The summed E-state index contributed by atoms with van der Waals surface area (Å²) in [6, 6.07) is 15.6. The van der Waals surface area contributed by atoms with Crippen molar-refractivity contribution in [2.75, 3.05) is 6.54 Å². The summed E-state index contributed by atoms with van der Waals surface area (Å²) in [6.45, 7) is 5.50. The predicted molar refractivity (Wildman–Crippen MR) is 134 cm³/mol. The number of hydrogen-bond acceptors (Lipinski definition) is 3. The summed E-state index contributed by atoms with van der Waals surface area (Å²) < 4.78 is 41.2. The molecule has 3 aromatic carbocycles. The highest BCUT2D eigenvalue weighted by Crippen LogP contribution is 2.31. The van der Waals surface area contributed by atoms with Crippen LogP contribution in [0.2, 0.25) is 5.02 Å². The van der Waals surface area contributed by atoms with Crippen LogP contribution in [0, 0.1) is 6.92 Å². The van der Waals surface area contributed by atoms with E-state index in [-0.39, 0.29) is 23.5 Å². The van der Waals surface area contributed by atoms with Gasteiger partial charge in [-0.1, -0.05) is 35.4 Å². The van der Waals surface area contributed by atoms with Crippen LogP contribution in [0.3, 0.4) is 0 Å². The number of carbonyl (C=O) groups is 1. The lowest BCUT2D eigenvalue weighted by molar-refractivity contribution is -0.137. The van der Waals surface area contributed by atoms with E-state index in [2.05, 4.69) is 0 Å². The molecule has 0 bridgehead atoms. The number of hydrogen-bond donors (Lipinski definition) is 0. The molecule has 1 unspecified atom stereocenters. The first kappa shape index (κ1) is 25.4. The van der Waals surface area contributed by atoms with E-state index >= 15 is 0 Å². The molecule has 1 atom stereocenters. The molecule has 5 nitrogen and oxygen atoms in total. The van der Waals surface area contributed by atoms with Crippen molar-refractivity contribution in [1.82, 2.24) is 14.5 Å². The average Bonchev–Trinajstić information content (AvgIpc) is 2.84. The molecule has 1 aromatic heterocycles. The van der Waals surface area contributed by atoms with E-state index in [9.17, 15) is 22.8 Å². The fraction of sp³-hybridized carbons (Fsp3) is 0.222. The fourth-order valence-corrected chi connectivity index (χ4v) is 4.29. The molecule has 186 valence electrons. The van der Waals surface area contributed by atoms with Gasteiger partial charge in [-0.15, -0.1) is 0 Å². The largest absolute Gasteiger partial charge is 0.416 e. The Labute approximate surface area is 210 Å². The minimum absolute atomic E-state index is 0.105. The molecule has 0 aliphatic rings. The van der Waals surface area contributed by atoms with Crippen LogP contribution in [0.25, 0.3) is 16.6 Å². The van der Waals surface area contributed by atoms with Crippen molar-refractivity contribution in [3.63, 3.8) is 0 Å². The van der Waals surface area contributed by atoms with Crippen LogP contribution in [0.15, 0.2) is 71.5 Å². The van der Waals surface area contributed by atoms with Crippen molar-refractivity contribution in [2.24, 2.45) is 0 Å². The topological polar surface area (TPSA) is 55.2 Å². The van der Waals surface area contributed by atoms with Gasteiger partial charge in [-0.05, 0) is 69.3 Å². The molecule has 0 radical (unpaired) electrons. The lowest BCUT2D eigenvalue weighted by atomic mass is 10.1. The molecule has 36 heavy (non-hydrogen) atoms. The van der Waals surface area contributed by atoms with Gasteiger partial charge in [0, 0.05) is 17.1 Å². The van der Waals surface area contributed by atoms with E-state index in [0.717, 1.165) is 17.7 Å². The zero-order chi connectivity index (χ0) is 26.2. The third-order valence-electron chi connectivity index (χ3n) is 6.03. The first-order valence-electron chi connectivity index (χ1n) is 11.3. The van der Waals surface area contributed by atoms with Gasteiger partial charge >= 0.3 is 6.18 Å². The summed E-state index contributed by atoms with van der Waals surface area (Å²) in [5.41, 5.74) is 0.556. The van der Waals surface area contributed by atoms with E-state index in [1.54, 1.807) is 44.2 Å². The van der Waals surface area contributed by atoms with Gasteiger partial charge in [-0.2, -0.15) is 13.2 Å². The van der Waals surface area contributed by atoms with Crippen molar-refractivity contribution in [2.45, 2.75) is 33.0 Å². The highest BCUT2D eigenvalue weighted by Gasteiger charge is 2.32. The molecule has 9 heteroatoms. The predicted octanol–water partition coefficient (Wildman–Crippen LogP) is 6.59. The maximum atomic E-state index is 13.6. The van der Waals surface area contributed by atoms with Crippen LogP contribution < -0.4 is 5.56 Å². The van der Waals surface area contributed by atoms with Gasteiger partial charge in [0.1, 0.15) is 5.82 Å². The summed E-state index contributed by atoms with van der Waals surface area (Å²) in [4.78, 5) is 33.1. The average molecular weight is 514 g/mol. The minimum Gasteiger partial charge on any atom is -0.329 e. The van der Waals surface area contributed by atoms with E-state index in [1.165, 1.54) is 21.6 Å². The maximum absolute atomic E-state index is 13.6. The van der Waals surface area contributed by atoms with Gasteiger partial charge in [-0.3, -0.25) is 14.2 Å². The Morgan fingerprint density at radius 1 is 1.08 bits per heavy atom. The number of aryl methyl sites for hydroxylation is 1. The number of benzene rings is 3. The maximum Gasteiger partial charge on any atom is 0.416 e. The zero-order valence-corrected chi connectivity index (χ0v) is 20.6. The number of amides is 1. The Kier molecular flexibility index (Phi) is 6.91. The molecule has 0 fully saturated rings. The van der Waals surface area contributed by atoms with Crippen LogP contribution in [-0.4, -0.2) is 26.9 Å². The van der Waals surface area contributed by atoms with E-state index in [1.807, 2.05) is 19.1 Å². The summed E-state index contributed by atoms with van der Waals surface area (Å²) >= 11 is 6.14. The second-order valence-corrected chi connectivity index (χ2v) is 8.89. The van der Waals surface area contributed by atoms with Crippen molar-refractivity contribution in [3.8, 4) is 5.69 Å². The van der Waals surface area contributed by atoms with Crippen LogP contribution in [0.1, 0.15) is 47.2 Å². The third-order valence-corrected chi connectivity index (χ3v) is 6.26. The summed E-state index contributed by atoms with van der Waals surface area (Å²) in [5, 5.41) is 0.747. The monoisotopic (exact) mass is 513 g/mol.